The molecule has 0 aliphatic heterocycles. The second kappa shape index (κ2) is 8.29. The summed E-state index contributed by atoms with van der Waals surface area (Å²) in [5.74, 6) is -0.228. The number of nitrogens with one attached hydrogen (secondary N) is 2. The molecular weight excluding hydrogens is 342 g/mol. The summed E-state index contributed by atoms with van der Waals surface area (Å²) in [6, 6.07) is 11.7. The second-order valence-corrected chi connectivity index (χ2v) is 6.30. The van der Waals surface area contributed by atoms with Crippen molar-refractivity contribution in [3.8, 4) is 0 Å². The van der Waals surface area contributed by atoms with Crippen LogP contribution in [0, 0.1) is 17.0 Å². The van der Waals surface area contributed by atoms with E-state index in [-0.39, 0.29) is 23.3 Å². The average molecular weight is 359 g/mol. The molecule has 0 fully saturated rings. The molecule has 0 heterocycles. The Balaban J connectivity index is 1.94. The first kappa shape index (κ1) is 18.5. The van der Waals surface area contributed by atoms with Crippen molar-refractivity contribution in [2.75, 3.05) is 16.4 Å². The van der Waals surface area contributed by atoms with Crippen molar-refractivity contribution in [3.63, 3.8) is 0 Å². The van der Waals surface area contributed by atoms with E-state index in [1.54, 1.807) is 25.1 Å². The lowest BCUT2D eigenvalue weighted by Crippen LogP contribution is -2.15. The fourth-order valence-electron chi connectivity index (χ4n) is 2.13. The number of nitro groups is 1. The average Bonchev–Trinajstić information content (AvgIpc) is 2.55. The zero-order valence-electron chi connectivity index (χ0n) is 13.7. The van der Waals surface area contributed by atoms with E-state index >= 15 is 0 Å². The molecule has 2 aromatic rings. The van der Waals surface area contributed by atoms with E-state index in [2.05, 4.69) is 10.6 Å². The van der Waals surface area contributed by atoms with Gasteiger partial charge in [-0.2, -0.15) is 0 Å². The van der Waals surface area contributed by atoms with Crippen LogP contribution in [0.2, 0.25) is 0 Å². The van der Waals surface area contributed by atoms with Gasteiger partial charge in [-0.15, -0.1) is 11.8 Å². The topological polar surface area (TPSA) is 101 Å². The number of hydrogen-bond acceptors (Lipinski definition) is 5. The molecule has 2 N–H and O–H groups in total. The number of benzene rings is 2. The molecule has 0 unspecified atom stereocenters. The molecule has 0 aromatic heterocycles. The monoisotopic (exact) mass is 359 g/mol. The Bertz CT molecular complexity index is 806. The Kier molecular flexibility index (Phi) is 6.13. The number of carbonyl (C=O) groups is 2. The summed E-state index contributed by atoms with van der Waals surface area (Å²) in [4.78, 5) is 34.4. The van der Waals surface area contributed by atoms with Gasteiger partial charge in [0.1, 0.15) is 0 Å². The Morgan fingerprint density at radius 1 is 1.12 bits per heavy atom. The van der Waals surface area contributed by atoms with Gasteiger partial charge < -0.3 is 10.6 Å². The molecule has 8 heteroatoms. The largest absolute Gasteiger partial charge is 0.326 e. The first-order valence-corrected chi connectivity index (χ1v) is 8.39. The molecule has 2 aromatic carbocycles. The smallest absolute Gasteiger partial charge is 0.274 e. The van der Waals surface area contributed by atoms with Crippen molar-refractivity contribution in [3.05, 3.63) is 58.1 Å². The number of nitro benzene ring substituents is 1. The van der Waals surface area contributed by atoms with E-state index in [0.717, 1.165) is 4.90 Å². The first-order valence-electron chi connectivity index (χ1n) is 7.41. The summed E-state index contributed by atoms with van der Waals surface area (Å²) in [6.07, 6.45) is 0. The molecular formula is C17H17N3O4S. The van der Waals surface area contributed by atoms with Crippen LogP contribution in [0.4, 0.5) is 17.1 Å². The highest BCUT2D eigenvalue weighted by atomic mass is 32.2. The van der Waals surface area contributed by atoms with Crippen LogP contribution in [-0.2, 0) is 9.59 Å². The summed E-state index contributed by atoms with van der Waals surface area (Å²) < 4.78 is 0. The second-order valence-electron chi connectivity index (χ2n) is 5.25. The molecule has 0 saturated heterocycles. The van der Waals surface area contributed by atoms with Crippen LogP contribution in [0.15, 0.2) is 47.4 Å². The standard InChI is InChI=1S/C17H17N3O4S/c1-11-15(4-3-5-16(11)20(23)24)19-17(22)10-25-14-8-6-13(7-9-14)18-12(2)21/h3-9H,10H2,1-2H3,(H,18,21)(H,19,22). The van der Waals surface area contributed by atoms with E-state index < -0.39 is 4.92 Å². The van der Waals surface area contributed by atoms with Crippen LogP contribution < -0.4 is 10.6 Å². The first-order chi connectivity index (χ1) is 11.9. The van der Waals surface area contributed by atoms with E-state index in [9.17, 15) is 19.7 Å². The fraction of sp³-hybridized carbons (Fsp3) is 0.176. The maximum atomic E-state index is 12.1. The molecule has 130 valence electrons. The van der Waals surface area contributed by atoms with Crippen molar-refractivity contribution in [1.29, 1.82) is 0 Å². The van der Waals surface area contributed by atoms with Gasteiger partial charge in [0.2, 0.25) is 11.8 Å². The van der Waals surface area contributed by atoms with Gasteiger partial charge in [-0.1, -0.05) is 6.07 Å². The SMILES string of the molecule is CC(=O)Nc1ccc(SCC(=O)Nc2cccc([N+](=O)[O-])c2C)cc1. The predicted octanol–water partition coefficient (Wildman–Crippen LogP) is 3.59. The van der Waals surface area contributed by atoms with Gasteiger partial charge in [-0.05, 0) is 37.3 Å². The molecule has 7 nitrogen and oxygen atoms in total. The van der Waals surface area contributed by atoms with Gasteiger partial charge in [0.15, 0.2) is 0 Å². The molecule has 0 bridgehead atoms. The number of amides is 2. The van der Waals surface area contributed by atoms with E-state index in [1.165, 1.54) is 30.8 Å². The Morgan fingerprint density at radius 2 is 1.80 bits per heavy atom. The lowest BCUT2D eigenvalue weighted by atomic mass is 10.1. The maximum Gasteiger partial charge on any atom is 0.274 e. The molecule has 2 amide bonds. The Labute approximate surface area is 149 Å². The zero-order valence-corrected chi connectivity index (χ0v) is 14.6. The summed E-state index contributed by atoms with van der Waals surface area (Å²) in [5.41, 5.74) is 1.51. The van der Waals surface area contributed by atoms with Crippen molar-refractivity contribution in [1.82, 2.24) is 0 Å². The number of hydrogen-bond donors (Lipinski definition) is 2. The number of thioether (sulfide) groups is 1. The van der Waals surface area contributed by atoms with E-state index in [0.29, 0.717) is 16.9 Å². The van der Waals surface area contributed by atoms with Crippen molar-refractivity contribution in [2.24, 2.45) is 0 Å². The van der Waals surface area contributed by atoms with Gasteiger partial charge in [-0.25, -0.2) is 0 Å². The molecule has 2 rings (SSSR count). The molecule has 0 radical (unpaired) electrons. The van der Waals surface area contributed by atoms with Gasteiger partial charge >= 0.3 is 0 Å². The highest BCUT2D eigenvalue weighted by Gasteiger charge is 2.14. The molecule has 0 aliphatic carbocycles. The van der Waals surface area contributed by atoms with Gasteiger partial charge in [-0.3, -0.25) is 19.7 Å². The third-order valence-electron chi connectivity index (χ3n) is 3.32. The Morgan fingerprint density at radius 3 is 2.40 bits per heavy atom. The zero-order chi connectivity index (χ0) is 18.4. The summed E-state index contributed by atoms with van der Waals surface area (Å²) in [7, 11) is 0. The number of rotatable bonds is 6. The fourth-order valence-corrected chi connectivity index (χ4v) is 2.83. The van der Waals surface area contributed by atoms with Crippen LogP contribution in [-0.4, -0.2) is 22.5 Å². The molecule has 0 spiro atoms. The van der Waals surface area contributed by atoms with Crippen molar-refractivity contribution in [2.45, 2.75) is 18.7 Å². The minimum Gasteiger partial charge on any atom is -0.326 e. The van der Waals surface area contributed by atoms with Gasteiger partial charge in [0, 0.05) is 23.6 Å². The highest BCUT2D eigenvalue weighted by Crippen LogP contribution is 2.26. The normalized spacial score (nSPS) is 10.2. The van der Waals surface area contributed by atoms with E-state index in [1.807, 2.05) is 12.1 Å². The molecule has 25 heavy (non-hydrogen) atoms. The minimum absolute atomic E-state index is 0.0287. The third kappa shape index (κ3) is 5.32. The lowest BCUT2D eigenvalue weighted by molar-refractivity contribution is -0.385. The quantitative estimate of drug-likeness (QED) is 0.466. The number of carbonyl (C=O) groups excluding carboxylic acids is 2. The van der Waals surface area contributed by atoms with Crippen molar-refractivity contribution >= 4 is 40.6 Å². The van der Waals surface area contributed by atoms with Crippen LogP contribution >= 0.6 is 11.8 Å². The Hall–Kier alpha value is -2.87. The van der Waals surface area contributed by atoms with Crippen LogP contribution in [0.5, 0.6) is 0 Å². The lowest BCUT2D eigenvalue weighted by Gasteiger charge is -2.09. The van der Waals surface area contributed by atoms with Crippen molar-refractivity contribution < 1.29 is 14.5 Å². The molecule has 0 atom stereocenters. The predicted molar refractivity (Wildman–Crippen MR) is 97.9 cm³/mol. The van der Waals surface area contributed by atoms with Crippen LogP contribution in [0.1, 0.15) is 12.5 Å². The number of nitrogens with zero attached hydrogens (tertiary/aromatic N) is 1. The highest BCUT2D eigenvalue weighted by molar-refractivity contribution is 8.00. The van der Waals surface area contributed by atoms with Crippen LogP contribution in [0.25, 0.3) is 0 Å². The summed E-state index contributed by atoms with van der Waals surface area (Å²) in [6.45, 7) is 3.03. The molecule has 0 saturated carbocycles. The summed E-state index contributed by atoms with van der Waals surface area (Å²) in [5, 5.41) is 16.3. The van der Waals surface area contributed by atoms with E-state index in [4.69, 9.17) is 0 Å². The van der Waals surface area contributed by atoms with Gasteiger partial charge in [0.25, 0.3) is 5.69 Å². The maximum absolute atomic E-state index is 12.1. The van der Waals surface area contributed by atoms with Gasteiger partial charge in [0.05, 0.1) is 21.9 Å². The third-order valence-corrected chi connectivity index (χ3v) is 4.33. The minimum atomic E-state index is -0.476. The molecule has 0 aliphatic rings. The number of anilines is 2. The van der Waals surface area contributed by atoms with Crippen LogP contribution in [0.3, 0.4) is 0 Å². The summed E-state index contributed by atoms with van der Waals surface area (Å²) >= 11 is 1.33.